The van der Waals surface area contributed by atoms with Gasteiger partial charge in [-0.1, -0.05) is 76.8 Å². The SMILES string of the molecule is CCCCCCCCCCCCn1c(CNC(=O)c2ccc(OC)c(OC)c2)nc2ccccc21. The lowest BCUT2D eigenvalue weighted by molar-refractivity contribution is 0.0949. The number of methoxy groups -OCH3 is 2. The molecule has 3 rings (SSSR count). The van der Waals surface area contributed by atoms with Crippen LogP contribution in [-0.4, -0.2) is 29.7 Å². The van der Waals surface area contributed by atoms with Crippen LogP contribution in [0.1, 0.15) is 87.3 Å². The number of imidazole rings is 1. The number of ether oxygens (including phenoxy) is 2. The van der Waals surface area contributed by atoms with Crippen LogP contribution in [0.4, 0.5) is 0 Å². The Kier molecular flexibility index (Phi) is 10.9. The second-order valence-corrected chi connectivity index (χ2v) is 9.10. The molecule has 0 radical (unpaired) electrons. The maximum atomic E-state index is 12.8. The highest BCUT2D eigenvalue weighted by Crippen LogP contribution is 2.27. The van der Waals surface area contributed by atoms with Crippen molar-refractivity contribution >= 4 is 16.9 Å². The summed E-state index contributed by atoms with van der Waals surface area (Å²) in [5.41, 5.74) is 2.62. The number of carbonyl (C=O) groups is 1. The maximum absolute atomic E-state index is 12.8. The summed E-state index contributed by atoms with van der Waals surface area (Å²) in [5.74, 6) is 1.86. The third-order valence-electron chi connectivity index (χ3n) is 6.52. The average Bonchev–Trinajstić information content (AvgIpc) is 3.25. The molecule has 0 atom stereocenters. The van der Waals surface area contributed by atoms with E-state index in [2.05, 4.69) is 22.9 Å². The highest BCUT2D eigenvalue weighted by molar-refractivity contribution is 5.94. The van der Waals surface area contributed by atoms with Crippen LogP contribution in [0.5, 0.6) is 11.5 Å². The summed E-state index contributed by atoms with van der Waals surface area (Å²) in [5, 5.41) is 3.03. The first-order valence-corrected chi connectivity index (χ1v) is 13.1. The summed E-state index contributed by atoms with van der Waals surface area (Å²) in [6.07, 6.45) is 13.1. The average molecular weight is 480 g/mol. The number of aryl methyl sites for hydroxylation is 1. The van der Waals surface area contributed by atoms with Gasteiger partial charge in [-0.05, 0) is 36.8 Å². The van der Waals surface area contributed by atoms with Crippen molar-refractivity contribution < 1.29 is 14.3 Å². The molecule has 190 valence electrons. The Morgan fingerprint density at radius 3 is 2.20 bits per heavy atom. The van der Waals surface area contributed by atoms with E-state index in [0.717, 1.165) is 29.8 Å². The number of para-hydroxylation sites is 2. The Balaban J connectivity index is 1.54. The number of nitrogens with zero attached hydrogens (tertiary/aromatic N) is 2. The van der Waals surface area contributed by atoms with Gasteiger partial charge in [0.1, 0.15) is 5.82 Å². The quantitative estimate of drug-likeness (QED) is 0.227. The van der Waals surface area contributed by atoms with Crippen molar-refractivity contribution in [3.05, 3.63) is 53.9 Å². The number of hydrogen-bond donors (Lipinski definition) is 1. The van der Waals surface area contributed by atoms with Crippen molar-refractivity contribution in [3.63, 3.8) is 0 Å². The number of amides is 1. The van der Waals surface area contributed by atoms with Crippen LogP contribution < -0.4 is 14.8 Å². The normalized spacial score (nSPS) is 11.1. The maximum Gasteiger partial charge on any atom is 0.251 e. The van der Waals surface area contributed by atoms with E-state index in [0.29, 0.717) is 23.6 Å². The van der Waals surface area contributed by atoms with Gasteiger partial charge in [0.25, 0.3) is 5.91 Å². The molecule has 2 aromatic carbocycles. The zero-order valence-corrected chi connectivity index (χ0v) is 21.6. The highest BCUT2D eigenvalue weighted by Gasteiger charge is 2.14. The van der Waals surface area contributed by atoms with Gasteiger partial charge < -0.3 is 19.4 Å². The van der Waals surface area contributed by atoms with Crippen LogP contribution >= 0.6 is 0 Å². The number of hydrogen-bond acceptors (Lipinski definition) is 4. The fourth-order valence-corrected chi connectivity index (χ4v) is 4.51. The topological polar surface area (TPSA) is 65.4 Å². The molecule has 6 nitrogen and oxygen atoms in total. The van der Waals surface area contributed by atoms with Gasteiger partial charge in [0.2, 0.25) is 0 Å². The third kappa shape index (κ3) is 7.74. The fraction of sp³-hybridized carbons (Fsp3) is 0.517. The molecule has 0 fully saturated rings. The summed E-state index contributed by atoms with van der Waals surface area (Å²) < 4.78 is 12.9. The van der Waals surface area contributed by atoms with Crippen molar-refractivity contribution in [3.8, 4) is 11.5 Å². The van der Waals surface area contributed by atoms with Gasteiger partial charge in [-0.15, -0.1) is 0 Å². The number of aromatic nitrogens is 2. The summed E-state index contributed by atoms with van der Waals surface area (Å²) >= 11 is 0. The Morgan fingerprint density at radius 1 is 0.857 bits per heavy atom. The van der Waals surface area contributed by atoms with E-state index >= 15 is 0 Å². The van der Waals surface area contributed by atoms with E-state index in [1.807, 2.05) is 18.2 Å². The molecule has 1 heterocycles. The predicted molar refractivity (Wildman–Crippen MR) is 142 cm³/mol. The molecule has 0 aliphatic carbocycles. The monoisotopic (exact) mass is 479 g/mol. The Labute approximate surface area is 210 Å². The molecule has 1 aromatic heterocycles. The number of nitrogens with one attached hydrogen (secondary N) is 1. The molecule has 1 amide bonds. The zero-order valence-electron chi connectivity index (χ0n) is 21.6. The largest absolute Gasteiger partial charge is 0.493 e. The van der Waals surface area contributed by atoms with Crippen molar-refractivity contribution in [1.29, 1.82) is 0 Å². The number of fused-ring (bicyclic) bond motifs is 1. The fourth-order valence-electron chi connectivity index (χ4n) is 4.51. The number of rotatable bonds is 16. The van der Waals surface area contributed by atoms with Crippen LogP contribution in [0.2, 0.25) is 0 Å². The first-order valence-electron chi connectivity index (χ1n) is 13.1. The summed E-state index contributed by atoms with van der Waals surface area (Å²) in [7, 11) is 3.15. The third-order valence-corrected chi connectivity index (χ3v) is 6.52. The molecule has 35 heavy (non-hydrogen) atoms. The minimum Gasteiger partial charge on any atom is -0.493 e. The highest BCUT2D eigenvalue weighted by atomic mass is 16.5. The van der Waals surface area contributed by atoms with Crippen molar-refractivity contribution in [1.82, 2.24) is 14.9 Å². The minimum atomic E-state index is -0.163. The van der Waals surface area contributed by atoms with E-state index < -0.39 is 0 Å². The molecule has 0 aliphatic rings. The molecule has 1 N–H and O–H groups in total. The van der Waals surface area contributed by atoms with Crippen LogP contribution in [0, 0.1) is 0 Å². The molecule has 0 unspecified atom stereocenters. The zero-order chi connectivity index (χ0) is 24.9. The van der Waals surface area contributed by atoms with Crippen LogP contribution in [0.15, 0.2) is 42.5 Å². The van der Waals surface area contributed by atoms with E-state index in [-0.39, 0.29) is 5.91 Å². The van der Waals surface area contributed by atoms with E-state index in [1.54, 1.807) is 32.4 Å². The number of benzene rings is 2. The molecule has 0 saturated heterocycles. The Bertz CT molecular complexity index is 1060. The van der Waals surface area contributed by atoms with Crippen LogP contribution in [-0.2, 0) is 13.1 Å². The van der Waals surface area contributed by atoms with E-state index in [9.17, 15) is 4.79 Å². The Hall–Kier alpha value is -3.02. The summed E-state index contributed by atoms with van der Waals surface area (Å²) in [6, 6.07) is 13.4. The molecule has 0 spiro atoms. The van der Waals surface area contributed by atoms with Gasteiger partial charge in [0, 0.05) is 12.1 Å². The van der Waals surface area contributed by atoms with E-state index in [4.69, 9.17) is 14.5 Å². The first kappa shape index (κ1) is 26.6. The molecular weight excluding hydrogens is 438 g/mol. The standard InChI is InChI=1S/C29H41N3O3/c1-4-5-6-7-8-9-10-11-12-15-20-32-25-17-14-13-16-24(25)31-28(32)22-30-29(33)23-18-19-26(34-2)27(21-23)35-3/h13-14,16-19,21H,4-12,15,20,22H2,1-3H3,(H,30,33). The molecule has 0 saturated carbocycles. The van der Waals surface area contributed by atoms with E-state index in [1.165, 1.54) is 57.8 Å². The summed E-state index contributed by atoms with van der Waals surface area (Å²) in [4.78, 5) is 17.6. The van der Waals surface area contributed by atoms with Crippen molar-refractivity contribution in [2.45, 2.75) is 84.2 Å². The van der Waals surface area contributed by atoms with Crippen molar-refractivity contribution in [2.75, 3.05) is 14.2 Å². The lowest BCUT2D eigenvalue weighted by Gasteiger charge is -2.12. The lowest BCUT2D eigenvalue weighted by atomic mass is 10.1. The number of unbranched alkanes of at least 4 members (excludes halogenated alkanes) is 9. The van der Waals surface area contributed by atoms with Gasteiger partial charge in [-0.25, -0.2) is 4.98 Å². The smallest absolute Gasteiger partial charge is 0.251 e. The van der Waals surface area contributed by atoms with Crippen LogP contribution in [0.25, 0.3) is 11.0 Å². The molecule has 3 aromatic rings. The molecular formula is C29H41N3O3. The lowest BCUT2D eigenvalue weighted by Crippen LogP contribution is -2.25. The van der Waals surface area contributed by atoms with Gasteiger partial charge in [0.05, 0.1) is 31.8 Å². The van der Waals surface area contributed by atoms with Crippen LogP contribution in [0.3, 0.4) is 0 Å². The number of carbonyl (C=O) groups excluding carboxylic acids is 1. The van der Waals surface area contributed by atoms with Gasteiger partial charge in [-0.3, -0.25) is 4.79 Å². The first-order chi connectivity index (χ1) is 17.2. The summed E-state index contributed by atoms with van der Waals surface area (Å²) in [6.45, 7) is 3.55. The minimum absolute atomic E-state index is 0.163. The van der Waals surface area contributed by atoms with Gasteiger partial charge >= 0.3 is 0 Å². The molecule has 0 aliphatic heterocycles. The van der Waals surface area contributed by atoms with Gasteiger partial charge in [0.15, 0.2) is 11.5 Å². The second kappa shape index (κ2) is 14.4. The molecule has 6 heteroatoms. The van der Waals surface area contributed by atoms with Gasteiger partial charge in [-0.2, -0.15) is 0 Å². The van der Waals surface area contributed by atoms with Crippen molar-refractivity contribution in [2.24, 2.45) is 0 Å². The molecule has 0 bridgehead atoms. The predicted octanol–water partition coefficient (Wildman–Crippen LogP) is 6.90. The Morgan fingerprint density at radius 2 is 1.51 bits per heavy atom. The second-order valence-electron chi connectivity index (χ2n) is 9.10.